The van der Waals surface area contributed by atoms with Gasteiger partial charge < -0.3 is 19.2 Å². The van der Waals surface area contributed by atoms with Gasteiger partial charge in [-0.2, -0.15) is 4.98 Å². The highest BCUT2D eigenvalue weighted by atomic mass is 16.5. The molecular formula is C16H14N2O3. The van der Waals surface area contributed by atoms with Gasteiger partial charge in [-0.05, 0) is 24.3 Å². The van der Waals surface area contributed by atoms with Crippen molar-refractivity contribution in [1.82, 2.24) is 4.98 Å². The highest BCUT2D eigenvalue weighted by Crippen LogP contribution is 2.33. The number of anilines is 2. The average molecular weight is 282 g/mol. The van der Waals surface area contributed by atoms with Crippen molar-refractivity contribution in [2.24, 2.45) is 0 Å². The van der Waals surface area contributed by atoms with E-state index in [0.717, 1.165) is 34.7 Å². The standard InChI is InChI=1S/C16H14N2O3/c1-2-5-13-12(4-1)18-16(21-13)17-11-6-7-14-15(10-11)20-9-3-8-19-14/h1-2,4-7,10H,3,8-9H2,(H,17,18). The van der Waals surface area contributed by atoms with Gasteiger partial charge >= 0.3 is 0 Å². The molecule has 21 heavy (non-hydrogen) atoms. The second-order valence-electron chi connectivity index (χ2n) is 4.82. The van der Waals surface area contributed by atoms with Crippen LogP contribution in [0.15, 0.2) is 46.9 Å². The lowest BCUT2D eigenvalue weighted by atomic mass is 10.3. The van der Waals surface area contributed by atoms with Crippen molar-refractivity contribution in [1.29, 1.82) is 0 Å². The van der Waals surface area contributed by atoms with Crippen molar-refractivity contribution in [2.45, 2.75) is 6.42 Å². The maximum absolute atomic E-state index is 5.67. The quantitative estimate of drug-likeness (QED) is 0.776. The lowest BCUT2D eigenvalue weighted by Gasteiger charge is -2.09. The van der Waals surface area contributed by atoms with Crippen molar-refractivity contribution in [3.63, 3.8) is 0 Å². The van der Waals surface area contributed by atoms with Gasteiger partial charge in [0.2, 0.25) is 0 Å². The SMILES string of the molecule is c1ccc2oc(Nc3ccc4c(c3)OCCCO4)nc2c1. The Morgan fingerprint density at radius 3 is 2.71 bits per heavy atom. The summed E-state index contributed by atoms with van der Waals surface area (Å²) < 4.78 is 16.9. The smallest absolute Gasteiger partial charge is 0.300 e. The highest BCUT2D eigenvalue weighted by Gasteiger charge is 2.12. The minimum Gasteiger partial charge on any atom is -0.490 e. The van der Waals surface area contributed by atoms with E-state index in [0.29, 0.717) is 19.2 Å². The third-order valence-corrected chi connectivity index (χ3v) is 3.29. The topological polar surface area (TPSA) is 56.5 Å². The van der Waals surface area contributed by atoms with Crippen LogP contribution in [0.2, 0.25) is 0 Å². The van der Waals surface area contributed by atoms with Crippen LogP contribution in [0.4, 0.5) is 11.7 Å². The van der Waals surface area contributed by atoms with Crippen molar-refractivity contribution >= 4 is 22.8 Å². The molecule has 2 aromatic carbocycles. The summed E-state index contributed by atoms with van der Waals surface area (Å²) in [6.07, 6.45) is 0.891. The lowest BCUT2D eigenvalue weighted by Crippen LogP contribution is -1.97. The Bertz CT molecular complexity index is 749. The first-order chi connectivity index (χ1) is 10.4. The molecular weight excluding hydrogens is 268 g/mol. The first-order valence-corrected chi connectivity index (χ1v) is 6.91. The second-order valence-corrected chi connectivity index (χ2v) is 4.82. The van der Waals surface area contributed by atoms with E-state index in [1.54, 1.807) is 0 Å². The molecule has 0 unspecified atom stereocenters. The molecule has 0 spiro atoms. The van der Waals surface area contributed by atoms with Gasteiger partial charge in [0.1, 0.15) is 5.52 Å². The van der Waals surface area contributed by atoms with Gasteiger partial charge in [-0.25, -0.2) is 0 Å². The normalized spacial score (nSPS) is 13.9. The molecule has 1 aliphatic rings. The Balaban J connectivity index is 1.63. The lowest BCUT2D eigenvalue weighted by molar-refractivity contribution is 0.297. The summed E-state index contributed by atoms with van der Waals surface area (Å²) in [6.45, 7) is 1.35. The Hall–Kier alpha value is -2.69. The molecule has 0 aliphatic carbocycles. The fourth-order valence-corrected chi connectivity index (χ4v) is 2.29. The molecule has 0 amide bonds. The first kappa shape index (κ1) is 12.1. The van der Waals surface area contributed by atoms with Crippen molar-refractivity contribution < 1.29 is 13.9 Å². The molecule has 2 heterocycles. The fourth-order valence-electron chi connectivity index (χ4n) is 2.29. The van der Waals surface area contributed by atoms with Crippen LogP contribution in [-0.2, 0) is 0 Å². The maximum Gasteiger partial charge on any atom is 0.300 e. The number of rotatable bonds is 2. The summed E-state index contributed by atoms with van der Waals surface area (Å²) in [5, 5.41) is 3.15. The molecule has 5 nitrogen and oxygen atoms in total. The summed E-state index contributed by atoms with van der Waals surface area (Å²) in [7, 11) is 0. The zero-order chi connectivity index (χ0) is 14.1. The number of hydrogen-bond donors (Lipinski definition) is 1. The van der Waals surface area contributed by atoms with Gasteiger partial charge in [0.25, 0.3) is 6.01 Å². The summed E-state index contributed by atoms with van der Waals surface area (Å²) in [5.74, 6) is 1.52. The summed E-state index contributed by atoms with van der Waals surface area (Å²) in [6, 6.07) is 13.8. The molecule has 3 aromatic rings. The van der Waals surface area contributed by atoms with E-state index >= 15 is 0 Å². The third-order valence-electron chi connectivity index (χ3n) is 3.29. The van der Waals surface area contributed by atoms with E-state index in [1.807, 2.05) is 42.5 Å². The molecule has 0 bridgehead atoms. The minimum atomic E-state index is 0.464. The number of para-hydroxylation sites is 2. The maximum atomic E-state index is 5.67. The number of nitrogens with one attached hydrogen (secondary N) is 1. The van der Waals surface area contributed by atoms with Crippen LogP contribution >= 0.6 is 0 Å². The van der Waals surface area contributed by atoms with Crippen LogP contribution in [0.3, 0.4) is 0 Å². The Morgan fingerprint density at radius 1 is 0.952 bits per heavy atom. The van der Waals surface area contributed by atoms with E-state index in [9.17, 15) is 0 Å². The Kier molecular flexibility index (Phi) is 2.88. The Labute approximate surface area is 121 Å². The van der Waals surface area contributed by atoms with Crippen molar-refractivity contribution in [2.75, 3.05) is 18.5 Å². The number of nitrogens with zero attached hydrogens (tertiary/aromatic N) is 1. The molecule has 1 N–H and O–H groups in total. The number of aromatic nitrogens is 1. The van der Waals surface area contributed by atoms with Crippen molar-refractivity contribution in [3.05, 3.63) is 42.5 Å². The number of benzene rings is 2. The highest BCUT2D eigenvalue weighted by molar-refractivity contribution is 5.75. The van der Waals surface area contributed by atoms with Crippen LogP contribution in [0.25, 0.3) is 11.1 Å². The fraction of sp³-hybridized carbons (Fsp3) is 0.188. The van der Waals surface area contributed by atoms with E-state index in [1.165, 1.54) is 0 Å². The molecule has 5 heteroatoms. The third kappa shape index (κ3) is 2.38. The van der Waals surface area contributed by atoms with Gasteiger partial charge in [0.05, 0.1) is 13.2 Å². The Morgan fingerprint density at radius 2 is 1.81 bits per heavy atom. The van der Waals surface area contributed by atoms with E-state index in [2.05, 4.69) is 10.3 Å². The predicted molar refractivity (Wildman–Crippen MR) is 79.3 cm³/mol. The summed E-state index contributed by atoms with van der Waals surface area (Å²) >= 11 is 0. The average Bonchev–Trinajstić information content (AvgIpc) is 2.75. The van der Waals surface area contributed by atoms with Gasteiger partial charge in [0, 0.05) is 18.2 Å². The molecule has 0 radical (unpaired) electrons. The van der Waals surface area contributed by atoms with E-state index in [4.69, 9.17) is 13.9 Å². The molecule has 0 fully saturated rings. The van der Waals surface area contributed by atoms with Gasteiger partial charge in [0.15, 0.2) is 17.1 Å². The van der Waals surface area contributed by atoms with E-state index in [-0.39, 0.29) is 0 Å². The minimum absolute atomic E-state index is 0.464. The van der Waals surface area contributed by atoms with Crippen LogP contribution in [-0.4, -0.2) is 18.2 Å². The van der Waals surface area contributed by atoms with Crippen LogP contribution < -0.4 is 14.8 Å². The summed E-state index contributed by atoms with van der Waals surface area (Å²) in [5.41, 5.74) is 2.44. The van der Waals surface area contributed by atoms with Gasteiger partial charge in [-0.1, -0.05) is 12.1 Å². The monoisotopic (exact) mass is 282 g/mol. The van der Waals surface area contributed by atoms with Crippen LogP contribution in [0, 0.1) is 0 Å². The van der Waals surface area contributed by atoms with Crippen molar-refractivity contribution in [3.8, 4) is 11.5 Å². The molecule has 1 aromatic heterocycles. The van der Waals surface area contributed by atoms with Crippen LogP contribution in [0.5, 0.6) is 11.5 Å². The first-order valence-electron chi connectivity index (χ1n) is 6.91. The van der Waals surface area contributed by atoms with Gasteiger partial charge in [-0.15, -0.1) is 0 Å². The van der Waals surface area contributed by atoms with Gasteiger partial charge in [-0.3, -0.25) is 0 Å². The molecule has 0 saturated heterocycles. The van der Waals surface area contributed by atoms with E-state index < -0.39 is 0 Å². The molecule has 1 aliphatic heterocycles. The largest absolute Gasteiger partial charge is 0.490 e. The number of oxazole rings is 1. The zero-order valence-corrected chi connectivity index (χ0v) is 11.3. The van der Waals surface area contributed by atoms with Crippen LogP contribution in [0.1, 0.15) is 6.42 Å². The number of ether oxygens (including phenoxy) is 2. The molecule has 0 atom stereocenters. The second kappa shape index (κ2) is 5.01. The summed E-state index contributed by atoms with van der Waals surface area (Å²) in [4.78, 5) is 4.39. The molecule has 106 valence electrons. The zero-order valence-electron chi connectivity index (χ0n) is 11.3. The number of hydrogen-bond acceptors (Lipinski definition) is 5. The number of fused-ring (bicyclic) bond motifs is 2. The predicted octanol–water partition coefficient (Wildman–Crippen LogP) is 3.73. The molecule has 4 rings (SSSR count). The molecule has 0 saturated carbocycles.